The second-order valence-electron chi connectivity index (χ2n) is 8.55. The van der Waals surface area contributed by atoms with E-state index in [0.717, 1.165) is 35.2 Å². The summed E-state index contributed by atoms with van der Waals surface area (Å²) < 4.78 is 13.1. The molecule has 6 nitrogen and oxygen atoms in total. The van der Waals surface area contributed by atoms with Crippen molar-refractivity contribution in [1.82, 2.24) is 14.7 Å². The van der Waals surface area contributed by atoms with E-state index in [0.29, 0.717) is 32.7 Å². The lowest BCUT2D eigenvalue weighted by molar-refractivity contribution is 0.139. The predicted octanol–water partition coefficient (Wildman–Crippen LogP) is 4.38. The lowest BCUT2D eigenvalue weighted by Gasteiger charge is -2.36. The Labute approximate surface area is 182 Å². The van der Waals surface area contributed by atoms with Crippen molar-refractivity contribution in [2.75, 3.05) is 31.5 Å². The highest BCUT2D eigenvalue weighted by molar-refractivity contribution is 5.89. The van der Waals surface area contributed by atoms with Crippen molar-refractivity contribution < 1.29 is 14.0 Å². The molecule has 0 saturated carbocycles. The number of rotatable bonds is 4. The van der Waals surface area contributed by atoms with Crippen LogP contribution in [0.2, 0.25) is 0 Å². The molecule has 164 valence electrons. The van der Waals surface area contributed by atoms with Crippen molar-refractivity contribution in [2.45, 2.75) is 39.3 Å². The first-order valence-electron chi connectivity index (χ1n) is 10.8. The minimum atomic E-state index is -0.272. The number of hydrogen-bond donors (Lipinski definition) is 1. The van der Waals surface area contributed by atoms with Gasteiger partial charge in [0.15, 0.2) is 0 Å². The fourth-order valence-electron chi connectivity index (χ4n) is 4.53. The molecule has 0 radical (unpaired) electrons. The first-order valence-corrected chi connectivity index (χ1v) is 10.8. The molecule has 0 unspecified atom stereocenters. The van der Waals surface area contributed by atoms with Crippen LogP contribution in [0.4, 0.5) is 19.7 Å². The van der Waals surface area contributed by atoms with Gasteiger partial charge in [0.25, 0.3) is 0 Å². The maximum atomic E-state index is 13.1. The van der Waals surface area contributed by atoms with Gasteiger partial charge in [0.2, 0.25) is 0 Å². The fraction of sp³-hybridized carbons (Fsp3) is 0.417. The number of anilines is 1. The van der Waals surface area contributed by atoms with Crippen LogP contribution in [-0.2, 0) is 6.54 Å². The summed E-state index contributed by atoms with van der Waals surface area (Å²) in [5, 5.41) is 3.00. The number of urea groups is 2. The maximum Gasteiger partial charge on any atom is 0.321 e. The Morgan fingerprint density at radius 1 is 1.00 bits per heavy atom. The number of halogens is 1. The molecule has 2 aliphatic heterocycles. The van der Waals surface area contributed by atoms with Crippen LogP contribution in [-0.4, -0.2) is 59.0 Å². The number of carbonyl (C=O) groups is 2. The first-order chi connectivity index (χ1) is 14.9. The summed E-state index contributed by atoms with van der Waals surface area (Å²) in [5.41, 5.74) is 3.98. The zero-order chi connectivity index (χ0) is 22.0. The van der Waals surface area contributed by atoms with Crippen molar-refractivity contribution in [3.05, 3.63) is 65.0 Å². The van der Waals surface area contributed by atoms with E-state index in [1.807, 2.05) is 40.7 Å². The minimum Gasteiger partial charge on any atom is -0.324 e. The second-order valence-corrected chi connectivity index (χ2v) is 8.55. The van der Waals surface area contributed by atoms with E-state index in [9.17, 15) is 14.0 Å². The van der Waals surface area contributed by atoms with Gasteiger partial charge in [0.1, 0.15) is 5.82 Å². The van der Waals surface area contributed by atoms with Gasteiger partial charge >= 0.3 is 12.1 Å². The van der Waals surface area contributed by atoms with Crippen LogP contribution in [0.5, 0.6) is 0 Å². The third-order valence-electron chi connectivity index (χ3n) is 6.08. The molecule has 7 heteroatoms. The largest absolute Gasteiger partial charge is 0.324 e. The van der Waals surface area contributed by atoms with Crippen LogP contribution in [0.3, 0.4) is 0 Å². The highest BCUT2D eigenvalue weighted by atomic mass is 19.1. The molecule has 0 spiro atoms. The number of carbonyl (C=O) groups excluding carboxylic acids is 2. The molecule has 0 aromatic heterocycles. The van der Waals surface area contributed by atoms with Gasteiger partial charge in [-0.25, -0.2) is 14.0 Å². The number of nitrogens with one attached hydrogen (secondary N) is 1. The summed E-state index contributed by atoms with van der Waals surface area (Å²) in [7, 11) is 0. The van der Waals surface area contributed by atoms with Crippen molar-refractivity contribution in [3.63, 3.8) is 0 Å². The van der Waals surface area contributed by atoms with Gasteiger partial charge in [-0.2, -0.15) is 0 Å². The lowest BCUT2D eigenvalue weighted by Crippen LogP contribution is -2.49. The van der Waals surface area contributed by atoms with Gasteiger partial charge in [-0.3, -0.25) is 0 Å². The molecular formula is C24H29FN4O2. The third kappa shape index (κ3) is 4.98. The molecule has 2 heterocycles. The Kier molecular flexibility index (Phi) is 6.11. The van der Waals surface area contributed by atoms with Crippen LogP contribution >= 0.6 is 0 Å². The molecule has 2 saturated heterocycles. The van der Waals surface area contributed by atoms with E-state index < -0.39 is 0 Å². The van der Waals surface area contributed by atoms with Crippen molar-refractivity contribution in [2.24, 2.45) is 0 Å². The monoisotopic (exact) mass is 424 g/mol. The van der Waals surface area contributed by atoms with Gasteiger partial charge in [-0.05, 0) is 67.6 Å². The summed E-state index contributed by atoms with van der Waals surface area (Å²) in [4.78, 5) is 31.1. The molecule has 2 fully saturated rings. The Balaban J connectivity index is 1.29. The number of benzene rings is 2. The number of piperidine rings is 1. The second kappa shape index (κ2) is 8.96. The average molecular weight is 425 g/mol. The molecule has 4 rings (SSSR count). The van der Waals surface area contributed by atoms with E-state index in [4.69, 9.17) is 0 Å². The highest BCUT2D eigenvalue weighted by Crippen LogP contribution is 2.23. The van der Waals surface area contributed by atoms with Crippen molar-refractivity contribution >= 4 is 17.7 Å². The summed E-state index contributed by atoms with van der Waals surface area (Å²) in [5.74, 6) is -0.272. The molecule has 2 aromatic carbocycles. The Morgan fingerprint density at radius 2 is 1.65 bits per heavy atom. The minimum absolute atomic E-state index is 0.0301. The molecule has 4 amide bonds. The summed E-state index contributed by atoms with van der Waals surface area (Å²) in [6, 6.07) is 12.4. The van der Waals surface area contributed by atoms with Crippen LogP contribution in [0.25, 0.3) is 0 Å². The zero-order valence-electron chi connectivity index (χ0n) is 18.1. The molecule has 0 aliphatic carbocycles. The molecule has 2 aromatic rings. The standard InChI is InChI=1S/C24H29FN4O2/c1-17-13-18(2)15-21(14-17)26-23(30)27-9-7-22(8-10-27)29-12-11-28(24(29)31)16-19-3-5-20(25)6-4-19/h3-6,13-15,22H,7-12,16H2,1-2H3,(H,26,30). The van der Waals surface area contributed by atoms with E-state index in [1.54, 1.807) is 12.1 Å². The fourth-order valence-corrected chi connectivity index (χ4v) is 4.53. The Morgan fingerprint density at radius 3 is 2.29 bits per heavy atom. The van der Waals surface area contributed by atoms with Crippen molar-refractivity contribution in [1.29, 1.82) is 0 Å². The summed E-state index contributed by atoms with van der Waals surface area (Å²) in [6.45, 7) is 7.14. The zero-order valence-corrected chi connectivity index (χ0v) is 18.1. The van der Waals surface area contributed by atoms with Gasteiger partial charge < -0.3 is 20.0 Å². The summed E-state index contributed by atoms with van der Waals surface area (Å²) >= 11 is 0. The quantitative estimate of drug-likeness (QED) is 0.792. The molecule has 2 aliphatic rings. The van der Waals surface area contributed by atoms with Crippen LogP contribution < -0.4 is 5.32 Å². The Hall–Kier alpha value is -3.09. The van der Waals surface area contributed by atoms with Crippen LogP contribution in [0.1, 0.15) is 29.5 Å². The normalized spacial score (nSPS) is 17.4. The summed E-state index contributed by atoms with van der Waals surface area (Å²) in [6.07, 6.45) is 1.55. The Bertz CT molecular complexity index is 934. The van der Waals surface area contributed by atoms with Crippen LogP contribution in [0.15, 0.2) is 42.5 Å². The molecule has 31 heavy (non-hydrogen) atoms. The molecule has 1 N–H and O–H groups in total. The molecule has 0 atom stereocenters. The number of aryl methyl sites for hydroxylation is 2. The van der Waals surface area contributed by atoms with Gasteiger partial charge in [0, 0.05) is 44.5 Å². The predicted molar refractivity (Wildman–Crippen MR) is 118 cm³/mol. The topological polar surface area (TPSA) is 55.9 Å². The third-order valence-corrected chi connectivity index (χ3v) is 6.08. The molecular weight excluding hydrogens is 395 g/mol. The van der Waals surface area contributed by atoms with Gasteiger partial charge in [-0.1, -0.05) is 18.2 Å². The number of likely N-dealkylation sites (tertiary alicyclic amines) is 1. The molecule has 0 bridgehead atoms. The smallest absolute Gasteiger partial charge is 0.321 e. The number of nitrogens with zero attached hydrogens (tertiary/aromatic N) is 3. The van der Waals surface area contributed by atoms with Gasteiger partial charge in [0.05, 0.1) is 0 Å². The highest BCUT2D eigenvalue weighted by Gasteiger charge is 2.36. The van der Waals surface area contributed by atoms with Gasteiger partial charge in [-0.15, -0.1) is 0 Å². The average Bonchev–Trinajstić information content (AvgIpc) is 3.09. The number of amides is 4. The van der Waals surface area contributed by atoms with Crippen LogP contribution in [0, 0.1) is 19.7 Å². The first kappa shape index (κ1) is 21.2. The van der Waals surface area contributed by atoms with E-state index in [-0.39, 0.29) is 23.9 Å². The van der Waals surface area contributed by atoms with E-state index in [1.165, 1.54) is 12.1 Å². The van der Waals surface area contributed by atoms with Crippen molar-refractivity contribution in [3.8, 4) is 0 Å². The van der Waals surface area contributed by atoms with E-state index in [2.05, 4.69) is 11.4 Å². The van der Waals surface area contributed by atoms with E-state index >= 15 is 0 Å². The maximum absolute atomic E-state index is 13.1. The number of hydrogen-bond acceptors (Lipinski definition) is 2. The lowest BCUT2D eigenvalue weighted by atomic mass is 10.0. The SMILES string of the molecule is Cc1cc(C)cc(NC(=O)N2CCC(N3CCN(Cc4ccc(F)cc4)C3=O)CC2)c1.